The number of anilines is 2. The zero-order valence-corrected chi connectivity index (χ0v) is 15.2. The van der Waals surface area contributed by atoms with Crippen LogP contribution in [0.5, 0.6) is 0 Å². The average molecular weight is 374 g/mol. The van der Waals surface area contributed by atoms with Gasteiger partial charge in [-0.2, -0.15) is 0 Å². The van der Waals surface area contributed by atoms with Crippen molar-refractivity contribution in [2.75, 3.05) is 24.3 Å². The van der Waals surface area contributed by atoms with E-state index in [2.05, 4.69) is 15.3 Å². The topological polar surface area (TPSA) is 58.1 Å². The predicted molar refractivity (Wildman–Crippen MR) is 98.7 cm³/mol. The highest BCUT2D eigenvalue weighted by molar-refractivity contribution is 7.16. The van der Waals surface area contributed by atoms with Crippen molar-refractivity contribution in [3.05, 3.63) is 58.6 Å². The maximum absolute atomic E-state index is 13.5. The summed E-state index contributed by atoms with van der Waals surface area (Å²) in [4.78, 5) is 23.7. The molecule has 134 valence electrons. The van der Waals surface area contributed by atoms with Crippen molar-refractivity contribution >= 4 is 28.2 Å². The second-order valence-electron chi connectivity index (χ2n) is 5.78. The van der Waals surface area contributed by atoms with Gasteiger partial charge in [-0.05, 0) is 37.3 Å². The monoisotopic (exact) mass is 374 g/mol. The van der Waals surface area contributed by atoms with Crippen LogP contribution in [0.3, 0.4) is 0 Å². The zero-order chi connectivity index (χ0) is 18.8. The highest BCUT2D eigenvalue weighted by Gasteiger charge is 2.17. The SMILES string of the molecule is Cc1sc(NC(=O)c2cccnc2N(C)C)nc1-c1ccc(F)c(F)c1. The van der Waals surface area contributed by atoms with E-state index < -0.39 is 11.6 Å². The third-order valence-electron chi connectivity index (χ3n) is 3.67. The molecule has 3 aromatic rings. The molecule has 0 radical (unpaired) electrons. The standard InChI is InChI=1S/C18H16F2N4OS/c1-10-15(11-6-7-13(19)14(20)9-11)22-18(26-10)23-17(25)12-5-4-8-21-16(12)24(2)3/h4-9H,1-3H3,(H,22,23,25). The molecule has 0 aliphatic carbocycles. The molecule has 2 aromatic heterocycles. The first-order chi connectivity index (χ1) is 12.4. The number of carbonyl (C=O) groups excluding carboxylic acids is 1. The van der Waals surface area contributed by atoms with Crippen LogP contribution in [-0.4, -0.2) is 30.0 Å². The molecule has 0 bridgehead atoms. The largest absolute Gasteiger partial charge is 0.362 e. The molecule has 0 saturated carbocycles. The van der Waals surface area contributed by atoms with E-state index in [4.69, 9.17) is 0 Å². The lowest BCUT2D eigenvalue weighted by Crippen LogP contribution is -2.19. The first-order valence-electron chi connectivity index (χ1n) is 7.73. The highest BCUT2D eigenvalue weighted by Crippen LogP contribution is 2.31. The third-order valence-corrected chi connectivity index (χ3v) is 4.55. The Morgan fingerprint density at radius 2 is 1.96 bits per heavy atom. The first-order valence-corrected chi connectivity index (χ1v) is 8.55. The molecule has 5 nitrogen and oxygen atoms in total. The Morgan fingerprint density at radius 3 is 2.65 bits per heavy atom. The van der Waals surface area contributed by atoms with Gasteiger partial charge in [-0.15, -0.1) is 11.3 Å². The van der Waals surface area contributed by atoms with Crippen LogP contribution < -0.4 is 10.2 Å². The zero-order valence-electron chi connectivity index (χ0n) is 14.4. The normalized spacial score (nSPS) is 10.7. The van der Waals surface area contributed by atoms with Crippen molar-refractivity contribution < 1.29 is 13.6 Å². The van der Waals surface area contributed by atoms with Gasteiger partial charge in [0.05, 0.1) is 11.3 Å². The number of aromatic nitrogens is 2. The van der Waals surface area contributed by atoms with E-state index in [1.165, 1.54) is 17.4 Å². The Labute approximate surface area is 153 Å². The molecule has 1 amide bonds. The highest BCUT2D eigenvalue weighted by atomic mass is 32.1. The molecular weight excluding hydrogens is 358 g/mol. The van der Waals surface area contributed by atoms with Gasteiger partial charge in [0.15, 0.2) is 16.8 Å². The van der Waals surface area contributed by atoms with Gasteiger partial charge < -0.3 is 4.90 Å². The molecule has 2 heterocycles. The molecule has 1 N–H and O–H groups in total. The van der Waals surface area contributed by atoms with E-state index >= 15 is 0 Å². The minimum absolute atomic E-state index is 0.340. The summed E-state index contributed by atoms with van der Waals surface area (Å²) >= 11 is 1.26. The van der Waals surface area contributed by atoms with E-state index in [1.807, 2.05) is 0 Å². The fraction of sp³-hybridized carbons (Fsp3) is 0.167. The van der Waals surface area contributed by atoms with E-state index in [-0.39, 0.29) is 5.91 Å². The number of nitrogens with zero attached hydrogens (tertiary/aromatic N) is 3. The number of amides is 1. The molecule has 0 aliphatic rings. The maximum Gasteiger partial charge on any atom is 0.261 e. The van der Waals surface area contributed by atoms with E-state index in [1.54, 1.807) is 44.2 Å². The van der Waals surface area contributed by atoms with Gasteiger partial charge in [-0.25, -0.2) is 18.7 Å². The first kappa shape index (κ1) is 17.9. The smallest absolute Gasteiger partial charge is 0.261 e. The number of nitrogens with one attached hydrogen (secondary N) is 1. The molecular formula is C18H16F2N4OS. The molecule has 3 rings (SSSR count). The van der Waals surface area contributed by atoms with Gasteiger partial charge >= 0.3 is 0 Å². The minimum atomic E-state index is -0.938. The van der Waals surface area contributed by atoms with Crippen molar-refractivity contribution in [1.29, 1.82) is 0 Å². The van der Waals surface area contributed by atoms with E-state index in [0.29, 0.717) is 27.8 Å². The van der Waals surface area contributed by atoms with Crippen molar-refractivity contribution in [1.82, 2.24) is 9.97 Å². The van der Waals surface area contributed by atoms with E-state index in [0.717, 1.165) is 17.0 Å². The summed E-state index contributed by atoms with van der Waals surface area (Å²) < 4.78 is 26.6. The van der Waals surface area contributed by atoms with Crippen LogP contribution in [0.25, 0.3) is 11.3 Å². The summed E-state index contributed by atoms with van der Waals surface area (Å²) in [5, 5.41) is 3.12. The van der Waals surface area contributed by atoms with Gasteiger partial charge in [-0.1, -0.05) is 0 Å². The lowest BCUT2D eigenvalue weighted by Gasteiger charge is -2.14. The van der Waals surface area contributed by atoms with Crippen molar-refractivity contribution in [2.45, 2.75) is 6.92 Å². The molecule has 0 atom stereocenters. The number of rotatable bonds is 4. The lowest BCUT2D eigenvalue weighted by atomic mass is 10.1. The number of pyridine rings is 1. The fourth-order valence-electron chi connectivity index (χ4n) is 2.46. The Morgan fingerprint density at radius 1 is 1.19 bits per heavy atom. The number of benzene rings is 1. The van der Waals surface area contributed by atoms with Crippen molar-refractivity contribution in [2.24, 2.45) is 0 Å². The van der Waals surface area contributed by atoms with Gasteiger partial charge in [0.25, 0.3) is 5.91 Å². The van der Waals surface area contributed by atoms with Crippen LogP contribution in [0.1, 0.15) is 15.2 Å². The second kappa shape index (κ2) is 7.17. The minimum Gasteiger partial charge on any atom is -0.362 e. The Balaban J connectivity index is 1.88. The molecule has 0 aliphatic heterocycles. The second-order valence-corrected chi connectivity index (χ2v) is 6.98. The number of hydrogen-bond acceptors (Lipinski definition) is 5. The Hall–Kier alpha value is -2.87. The molecule has 1 aromatic carbocycles. The summed E-state index contributed by atoms with van der Waals surface area (Å²) in [5.41, 5.74) is 1.37. The quantitative estimate of drug-likeness (QED) is 0.747. The third kappa shape index (κ3) is 3.55. The summed E-state index contributed by atoms with van der Waals surface area (Å²) in [6.07, 6.45) is 1.61. The van der Waals surface area contributed by atoms with Gasteiger partial charge in [0, 0.05) is 30.7 Å². The number of thiazole rings is 1. The van der Waals surface area contributed by atoms with Crippen molar-refractivity contribution in [3.8, 4) is 11.3 Å². The molecule has 0 unspecified atom stereocenters. The number of halogens is 2. The molecule has 0 spiro atoms. The number of aryl methyl sites for hydroxylation is 1. The van der Waals surface area contributed by atoms with Gasteiger partial charge in [0.2, 0.25) is 0 Å². The molecule has 8 heteroatoms. The van der Waals surface area contributed by atoms with Crippen LogP contribution in [0, 0.1) is 18.6 Å². The summed E-state index contributed by atoms with van der Waals surface area (Å²) in [6.45, 7) is 1.80. The molecule has 26 heavy (non-hydrogen) atoms. The van der Waals surface area contributed by atoms with Crippen LogP contribution in [0.4, 0.5) is 19.7 Å². The van der Waals surface area contributed by atoms with Crippen LogP contribution in [0.2, 0.25) is 0 Å². The van der Waals surface area contributed by atoms with Gasteiger partial charge in [-0.3, -0.25) is 10.1 Å². The van der Waals surface area contributed by atoms with E-state index in [9.17, 15) is 13.6 Å². The summed E-state index contributed by atoms with van der Waals surface area (Å²) in [7, 11) is 3.60. The molecule has 0 saturated heterocycles. The Kier molecular flexibility index (Phi) is 4.94. The summed E-state index contributed by atoms with van der Waals surface area (Å²) in [6, 6.07) is 6.96. The Bertz CT molecular complexity index is 972. The van der Waals surface area contributed by atoms with Gasteiger partial charge in [0.1, 0.15) is 5.82 Å². The number of carbonyl (C=O) groups is 1. The predicted octanol–water partition coefficient (Wildman–Crippen LogP) is 4.11. The average Bonchev–Trinajstić information content (AvgIpc) is 2.97. The van der Waals surface area contributed by atoms with Crippen LogP contribution in [0.15, 0.2) is 36.5 Å². The summed E-state index contributed by atoms with van der Waals surface area (Å²) in [5.74, 6) is -1.65. The van der Waals surface area contributed by atoms with Crippen LogP contribution in [-0.2, 0) is 0 Å². The van der Waals surface area contributed by atoms with Crippen LogP contribution >= 0.6 is 11.3 Å². The lowest BCUT2D eigenvalue weighted by molar-refractivity contribution is 0.102. The van der Waals surface area contributed by atoms with Crippen molar-refractivity contribution in [3.63, 3.8) is 0 Å². The fourth-order valence-corrected chi connectivity index (χ4v) is 3.29. The maximum atomic E-state index is 13.5. The molecule has 0 fully saturated rings. The number of hydrogen-bond donors (Lipinski definition) is 1.